The molecular formula is C4H3ClN2O3. The number of carbonyl (C=O) groups excluding carboxylic acids is 1. The standard InChI is InChI=1S/C4H3ClN2O3/c1-9-3(8)2-6-4(5)7-10-2/h1H3. The summed E-state index contributed by atoms with van der Waals surface area (Å²) in [5, 5.41) is 3.05. The molecule has 0 spiro atoms. The Morgan fingerprint density at radius 3 is 2.90 bits per heavy atom. The molecule has 0 atom stereocenters. The van der Waals surface area contributed by atoms with Gasteiger partial charge in [0.05, 0.1) is 7.11 Å². The van der Waals surface area contributed by atoms with Crippen LogP contribution >= 0.6 is 11.6 Å². The lowest BCUT2D eigenvalue weighted by atomic mass is 10.7. The van der Waals surface area contributed by atoms with Gasteiger partial charge in [-0.2, -0.15) is 4.98 Å². The zero-order valence-electron chi connectivity index (χ0n) is 5.00. The normalized spacial score (nSPS) is 9.40. The minimum Gasteiger partial charge on any atom is -0.462 e. The number of esters is 1. The van der Waals surface area contributed by atoms with Gasteiger partial charge in [-0.05, 0) is 16.8 Å². The smallest absolute Gasteiger partial charge is 0.397 e. The highest BCUT2D eigenvalue weighted by atomic mass is 35.5. The summed E-state index contributed by atoms with van der Waals surface area (Å²) >= 11 is 5.24. The van der Waals surface area contributed by atoms with Crippen molar-refractivity contribution >= 4 is 17.6 Å². The molecule has 1 aromatic rings. The van der Waals surface area contributed by atoms with E-state index in [1.165, 1.54) is 7.11 Å². The fourth-order valence-corrected chi connectivity index (χ4v) is 0.487. The molecule has 5 nitrogen and oxygen atoms in total. The van der Waals surface area contributed by atoms with E-state index in [4.69, 9.17) is 11.6 Å². The molecule has 0 radical (unpaired) electrons. The van der Waals surface area contributed by atoms with E-state index in [1.54, 1.807) is 0 Å². The van der Waals surface area contributed by atoms with Gasteiger partial charge < -0.3 is 9.26 Å². The van der Waals surface area contributed by atoms with Crippen LogP contribution in [0.4, 0.5) is 0 Å². The van der Waals surface area contributed by atoms with E-state index in [2.05, 4.69) is 19.4 Å². The monoisotopic (exact) mass is 162 g/mol. The van der Waals surface area contributed by atoms with Crippen LogP contribution in [0.1, 0.15) is 10.7 Å². The Kier molecular flexibility index (Phi) is 1.86. The SMILES string of the molecule is COC(=O)c1nc(Cl)no1. The summed E-state index contributed by atoms with van der Waals surface area (Å²) in [5.74, 6) is -0.938. The predicted molar refractivity (Wildman–Crippen MR) is 30.6 cm³/mol. The highest BCUT2D eigenvalue weighted by Gasteiger charge is 2.13. The first-order valence-corrected chi connectivity index (χ1v) is 2.69. The Morgan fingerprint density at radius 1 is 1.80 bits per heavy atom. The molecule has 54 valence electrons. The quantitative estimate of drug-likeness (QED) is 0.563. The zero-order chi connectivity index (χ0) is 7.56. The fourth-order valence-electron chi connectivity index (χ4n) is 0.376. The average molecular weight is 163 g/mol. The van der Waals surface area contributed by atoms with E-state index in [0.29, 0.717) is 0 Å². The maximum Gasteiger partial charge on any atom is 0.397 e. The molecule has 10 heavy (non-hydrogen) atoms. The van der Waals surface area contributed by atoms with Crippen molar-refractivity contribution in [2.24, 2.45) is 0 Å². The molecule has 0 saturated carbocycles. The molecule has 0 saturated heterocycles. The van der Waals surface area contributed by atoms with Gasteiger partial charge >= 0.3 is 11.9 Å². The summed E-state index contributed by atoms with van der Waals surface area (Å²) in [5.41, 5.74) is 0. The highest BCUT2D eigenvalue weighted by molar-refractivity contribution is 6.28. The second-order valence-corrected chi connectivity index (χ2v) is 1.70. The van der Waals surface area contributed by atoms with E-state index in [1.807, 2.05) is 0 Å². The third kappa shape index (κ3) is 1.24. The van der Waals surface area contributed by atoms with Crippen LogP contribution in [-0.2, 0) is 4.74 Å². The molecule has 0 bridgehead atoms. The minimum absolute atomic E-state index is 0.111. The first-order valence-electron chi connectivity index (χ1n) is 2.31. The number of carbonyl (C=O) groups is 1. The van der Waals surface area contributed by atoms with Crippen LogP contribution in [0, 0.1) is 0 Å². The van der Waals surface area contributed by atoms with Crippen LogP contribution < -0.4 is 0 Å². The molecule has 1 rings (SSSR count). The van der Waals surface area contributed by atoms with E-state index >= 15 is 0 Å². The number of hydrogen-bond donors (Lipinski definition) is 0. The molecule has 0 unspecified atom stereocenters. The number of hydrogen-bond acceptors (Lipinski definition) is 5. The molecule has 1 aromatic heterocycles. The van der Waals surface area contributed by atoms with Crippen molar-refractivity contribution in [3.8, 4) is 0 Å². The van der Waals surface area contributed by atoms with Gasteiger partial charge in [0.1, 0.15) is 0 Å². The van der Waals surface area contributed by atoms with Crippen molar-refractivity contribution in [1.82, 2.24) is 10.1 Å². The van der Waals surface area contributed by atoms with Crippen LogP contribution in [0.15, 0.2) is 4.52 Å². The maximum atomic E-state index is 10.5. The first-order chi connectivity index (χ1) is 4.74. The van der Waals surface area contributed by atoms with Gasteiger partial charge in [-0.15, -0.1) is 0 Å². The second-order valence-electron chi connectivity index (χ2n) is 1.36. The van der Waals surface area contributed by atoms with E-state index < -0.39 is 5.97 Å². The summed E-state index contributed by atoms with van der Waals surface area (Å²) in [7, 11) is 1.21. The molecule has 0 aliphatic rings. The predicted octanol–water partition coefficient (Wildman–Crippen LogP) is 0.510. The van der Waals surface area contributed by atoms with Crippen LogP contribution in [0.5, 0.6) is 0 Å². The Balaban J connectivity index is 2.85. The van der Waals surface area contributed by atoms with Crippen molar-refractivity contribution in [3.05, 3.63) is 11.2 Å². The largest absolute Gasteiger partial charge is 0.462 e. The summed E-state index contributed by atoms with van der Waals surface area (Å²) in [4.78, 5) is 13.9. The number of nitrogens with zero attached hydrogens (tertiary/aromatic N) is 2. The lowest BCUT2D eigenvalue weighted by Crippen LogP contribution is -2.00. The Bertz CT molecular complexity index is 246. The number of ether oxygens (including phenoxy) is 1. The molecule has 0 aliphatic carbocycles. The summed E-state index contributed by atoms with van der Waals surface area (Å²) < 4.78 is 8.61. The van der Waals surface area contributed by atoms with E-state index in [0.717, 1.165) is 0 Å². The molecule has 0 fully saturated rings. The molecule has 6 heteroatoms. The van der Waals surface area contributed by atoms with Crippen molar-refractivity contribution in [1.29, 1.82) is 0 Å². The maximum absolute atomic E-state index is 10.5. The van der Waals surface area contributed by atoms with Crippen LogP contribution in [0.3, 0.4) is 0 Å². The topological polar surface area (TPSA) is 65.2 Å². The van der Waals surface area contributed by atoms with Crippen molar-refractivity contribution in [3.63, 3.8) is 0 Å². The van der Waals surface area contributed by atoms with Gasteiger partial charge in [-0.3, -0.25) is 0 Å². The van der Waals surface area contributed by atoms with E-state index in [9.17, 15) is 4.79 Å². The van der Waals surface area contributed by atoms with Gasteiger partial charge in [0.15, 0.2) is 0 Å². The Hall–Kier alpha value is -1.10. The summed E-state index contributed by atoms with van der Waals surface area (Å²) in [6, 6.07) is 0. The van der Waals surface area contributed by atoms with E-state index in [-0.39, 0.29) is 11.2 Å². The molecular weight excluding hydrogens is 160 g/mol. The van der Waals surface area contributed by atoms with Crippen LogP contribution in [-0.4, -0.2) is 23.2 Å². The number of aromatic nitrogens is 2. The van der Waals surface area contributed by atoms with Gasteiger partial charge in [0, 0.05) is 0 Å². The first kappa shape index (κ1) is 7.01. The Labute approximate surface area is 60.9 Å². The number of methoxy groups -OCH3 is 1. The highest BCUT2D eigenvalue weighted by Crippen LogP contribution is 2.02. The second kappa shape index (κ2) is 2.66. The van der Waals surface area contributed by atoms with Crippen LogP contribution in [0.2, 0.25) is 5.28 Å². The third-order valence-electron chi connectivity index (χ3n) is 0.761. The van der Waals surface area contributed by atoms with Crippen LogP contribution in [0.25, 0.3) is 0 Å². The Morgan fingerprint density at radius 2 is 2.50 bits per heavy atom. The molecule has 0 amide bonds. The van der Waals surface area contributed by atoms with Gasteiger partial charge in [-0.25, -0.2) is 4.79 Å². The van der Waals surface area contributed by atoms with Crippen molar-refractivity contribution < 1.29 is 14.1 Å². The minimum atomic E-state index is -0.695. The fraction of sp³-hybridized carbons (Fsp3) is 0.250. The van der Waals surface area contributed by atoms with Gasteiger partial charge in [0.25, 0.3) is 5.28 Å². The van der Waals surface area contributed by atoms with Crippen molar-refractivity contribution in [2.45, 2.75) is 0 Å². The molecule has 0 aromatic carbocycles. The number of rotatable bonds is 1. The van der Waals surface area contributed by atoms with Gasteiger partial charge in [0.2, 0.25) is 0 Å². The van der Waals surface area contributed by atoms with Crippen molar-refractivity contribution in [2.75, 3.05) is 7.11 Å². The lowest BCUT2D eigenvalue weighted by molar-refractivity contribution is 0.0545. The summed E-state index contributed by atoms with van der Waals surface area (Å²) in [6.07, 6.45) is 0. The lowest BCUT2D eigenvalue weighted by Gasteiger charge is -1.86. The summed E-state index contributed by atoms with van der Waals surface area (Å²) in [6.45, 7) is 0. The third-order valence-corrected chi connectivity index (χ3v) is 0.915. The average Bonchev–Trinajstić information content (AvgIpc) is 2.34. The molecule has 0 aliphatic heterocycles. The van der Waals surface area contributed by atoms with Gasteiger partial charge in [-0.1, -0.05) is 0 Å². The molecule has 0 N–H and O–H groups in total. The molecule has 1 heterocycles. The number of halogens is 1. The zero-order valence-corrected chi connectivity index (χ0v) is 5.75.